The van der Waals surface area contributed by atoms with Crippen molar-refractivity contribution in [3.63, 3.8) is 0 Å². The highest BCUT2D eigenvalue weighted by molar-refractivity contribution is 9.11. The van der Waals surface area contributed by atoms with Crippen molar-refractivity contribution in [2.75, 3.05) is 0 Å². The first kappa shape index (κ1) is 11.4. The fourth-order valence-electron chi connectivity index (χ4n) is 0.849. The van der Waals surface area contributed by atoms with Gasteiger partial charge in [-0.2, -0.15) is 0 Å². The Balaban J connectivity index is 3.09. The Hall–Kier alpha value is 0.330. The third-order valence-corrected chi connectivity index (χ3v) is 5.14. The Kier molecular flexibility index (Phi) is 3.72. The molecule has 0 aliphatic carbocycles. The maximum Gasteiger partial charge on any atom is 0.343 e. The van der Waals surface area contributed by atoms with Gasteiger partial charge in [0, 0.05) is 4.47 Å². The lowest BCUT2D eigenvalue weighted by atomic mass is 10.2. The Bertz CT molecular complexity index is 349. The van der Waals surface area contributed by atoms with Crippen LogP contribution in [0.1, 0.15) is 10.1 Å². The van der Waals surface area contributed by atoms with Gasteiger partial charge in [0.25, 0.3) is 0 Å². The zero-order valence-corrected chi connectivity index (χ0v) is 10.5. The van der Waals surface area contributed by atoms with E-state index in [0.29, 0.717) is 10.0 Å². The van der Waals surface area contributed by atoms with Crippen LogP contribution < -0.4 is 0 Å². The topological polar surface area (TPSA) is 57.5 Å². The molecule has 0 fully saturated rings. The zero-order valence-electron chi connectivity index (χ0n) is 6.39. The molecular weight excluding hydrogens is 323 g/mol. The van der Waals surface area contributed by atoms with Gasteiger partial charge in [-0.1, -0.05) is 50.1 Å². The second-order valence-electron chi connectivity index (χ2n) is 2.45. The third-order valence-electron chi connectivity index (χ3n) is 1.46. The predicted octanol–water partition coefficient (Wildman–Crippen LogP) is 3.02. The van der Waals surface area contributed by atoms with Crippen LogP contribution in [0, 0.1) is 0 Å². The van der Waals surface area contributed by atoms with E-state index in [-0.39, 0.29) is 0 Å². The summed E-state index contributed by atoms with van der Waals surface area (Å²) in [6.45, 7) is 0. The molecule has 3 nitrogen and oxygen atoms in total. The van der Waals surface area contributed by atoms with Crippen molar-refractivity contribution >= 4 is 39.5 Å². The van der Waals surface area contributed by atoms with E-state index in [0.717, 1.165) is 0 Å². The van der Waals surface area contributed by atoms with Crippen molar-refractivity contribution in [2.45, 2.75) is 4.57 Å². The van der Waals surface area contributed by atoms with E-state index in [1.165, 1.54) is 0 Å². The highest BCUT2D eigenvalue weighted by Gasteiger charge is 2.28. The van der Waals surface area contributed by atoms with Gasteiger partial charge in [0.15, 0.2) is 0 Å². The summed E-state index contributed by atoms with van der Waals surface area (Å²) in [7, 11) is -4.12. The molecule has 0 spiro atoms. The zero-order chi connectivity index (χ0) is 10.1. The summed E-state index contributed by atoms with van der Waals surface area (Å²) in [4.78, 5) is 17.8. The fourth-order valence-corrected chi connectivity index (χ4v) is 2.83. The molecule has 0 amide bonds. The number of hydrogen-bond acceptors (Lipinski definition) is 1. The molecule has 72 valence electrons. The molecule has 2 N–H and O–H groups in total. The second kappa shape index (κ2) is 4.24. The van der Waals surface area contributed by atoms with Gasteiger partial charge in [-0.3, -0.25) is 4.57 Å². The Morgan fingerprint density at radius 2 is 1.85 bits per heavy atom. The van der Waals surface area contributed by atoms with E-state index in [9.17, 15) is 4.57 Å². The third kappa shape index (κ3) is 2.89. The van der Waals surface area contributed by atoms with Gasteiger partial charge in [0.05, 0.1) is 0 Å². The molecule has 1 aromatic rings. The highest BCUT2D eigenvalue weighted by Crippen LogP contribution is 2.56. The smallest absolute Gasteiger partial charge is 0.323 e. The lowest BCUT2D eigenvalue weighted by molar-refractivity contribution is 0.371. The molecule has 0 aliphatic rings. The summed E-state index contributed by atoms with van der Waals surface area (Å²) in [5.74, 6) is 0. The summed E-state index contributed by atoms with van der Waals surface area (Å²) >= 11 is 6.18. The standard InChI is InChI=1S/C7H7Br2O3P/c8-6-4-2-1-3-5(6)7(9)13(10,11)12/h1-4,7H,(H2,10,11,12). The number of benzene rings is 1. The van der Waals surface area contributed by atoms with Crippen molar-refractivity contribution in [1.82, 2.24) is 0 Å². The molecule has 1 atom stereocenters. The molecule has 0 radical (unpaired) electrons. The monoisotopic (exact) mass is 328 g/mol. The summed E-state index contributed by atoms with van der Waals surface area (Å²) in [5, 5.41) is 0. The molecule has 0 heterocycles. The van der Waals surface area contributed by atoms with Crippen LogP contribution in [0.4, 0.5) is 0 Å². The maximum atomic E-state index is 10.9. The van der Waals surface area contributed by atoms with Crippen LogP contribution in [-0.2, 0) is 4.57 Å². The number of hydrogen-bond donors (Lipinski definition) is 2. The van der Waals surface area contributed by atoms with Crippen molar-refractivity contribution in [2.24, 2.45) is 0 Å². The lowest BCUT2D eigenvalue weighted by Gasteiger charge is -2.13. The molecule has 0 saturated carbocycles. The van der Waals surface area contributed by atoms with Gasteiger partial charge in [-0.15, -0.1) is 0 Å². The molecule has 6 heteroatoms. The van der Waals surface area contributed by atoms with Crippen molar-refractivity contribution in [3.8, 4) is 0 Å². The van der Waals surface area contributed by atoms with E-state index in [4.69, 9.17) is 9.79 Å². The largest absolute Gasteiger partial charge is 0.343 e. The molecule has 1 rings (SSSR count). The average molecular weight is 330 g/mol. The molecule has 0 aliphatic heterocycles. The van der Waals surface area contributed by atoms with Gasteiger partial charge >= 0.3 is 7.60 Å². The summed E-state index contributed by atoms with van der Waals surface area (Å²) in [5.41, 5.74) is 0.552. The first-order valence-electron chi connectivity index (χ1n) is 3.36. The minimum atomic E-state index is -4.12. The number of alkyl halides is 1. The molecule has 1 aromatic carbocycles. The predicted molar refractivity (Wildman–Crippen MR) is 57.9 cm³/mol. The minimum Gasteiger partial charge on any atom is -0.323 e. The molecule has 1 unspecified atom stereocenters. The van der Waals surface area contributed by atoms with Crippen LogP contribution in [0.15, 0.2) is 28.7 Å². The first-order valence-corrected chi connectivity index (χ1v) is 6.75. The van der Waals surface area contributed by atoms with Crippen LogP contribution in [0.2, 0.25) is 0 Å². The van der Waals surface area contributed by atoms with Crippen LogP contribution in [0.5, 0.6) is 0 Å². The normalized spacial score (nSPS) is 14.2. The molecule has 0 saturated heterocycles. The van der Waals surface area contributed by atoms with Gasteiger partial charge in [-0.05, 0) is 11.6 Å². The van der Waals surface area contributed by atoms with Crippen molar-refractivity contribution in [1.29, 1.82) is 0 Å². The summed E-state index contributed by atoms with van der Waals surface area (Å²) in [6.07, 6.45) is 0. The van der Waals surface area contributed by atoms with E-state index in [1.54, 1.807) is 24.3 Å². The van der Waals surface area contributed by atoms with Gasteiger partial charge in [-0.25, -0.2) is 0 Å². The molecule has 0 bridgehead atoms. The maximum absolute atomic E-state index is 10.9. The van der Waals surface area contributed by atoms with E-state index in [1.807, 2.05) is 0 Å². The minimum absolute atomic E-state index is 0.552. The molecule has 13 heavy (non-hydrogen) atoms. The molecular formula is C7H7Br2O3P. The van der Waals surface area contributed by atoms with E-state index < -0.39 is 12.2 Å². The van der Waals surface area contributed by atoms with Crippen LogP contribution in [-0.4, -0.2) is 9.79 Å². The first-order chi connectivity index (χ1) is 5.93. The number of rotatable bonds is 2. The van der Waals surface area contributed by atoms with Gasteiger partial charge in [0.1, 0.15) is 4.57 Å². The second-order valence-corrected chi connectivity index (χ2v) is 6.62. The van der Waals surface area contributed by atoms with Crippen LogP contribution >= 0.6 is 39.5 Å². The number of halogens is 2. The quantitative estimate of drug-likeness (QED) is 0.647. The van der Waals surface area contributed by atoms with Crippen LogP contribution in [0.3, 0.4) is 0 Å². The Labute approximate surface area is 92.6 Å². The van der Waals surface area contributed by atoms with Crippen molar-refractivity contribution < 1.29 is 14.4 Å². The fraction of sp³-hybridized carbons (Fsp3) is 0.143. The van der Waals surface area contributed by atoms with Crippen LogP contribution in [0.25, 0.3) is 0 Å². The average Bonchev–Trinajstić information content (AvgIpc) is 2.02. The van der Waals surface area contributed by atoms with Crippen molar-refractivity contribution in [3.05, 3.63) is 34.3 Å². The van der Waals surface area contributed by atoms with Gasteiger partial charge in [0.2, 0.25) is 0 Å². The highest BCUT2D eigenvalue weighted by atomic mass is 79.9. The lowest BCUT2D eigenvalue weighted by Crippen LogP contribution is -1.92. The summed E-state index contributed by atoms with van der Waals surface area (Å²) < 4.78 is 10.6. The SMILES string of the molecule is O=P(O)(O)C(Br)c1ccccc1Br. The Morgan fingerprint density at radius 3 is 2.31 bits per heavy atom. The van der Waals surface area contributed by atoms with Gasteiger partial charge < -0.3 is 9.79 Å². The van der Waals surface area contributed by atoms with E-state index >= 15 is 0 Å². The Morgan fingerprint density at radius 1 is 1.31 bits per heavy atom. The molecule has 0 aromatic heterocycles. The van der Waals surface area contributed by atoms with E-state index in [2.05, 4.69) is 31.9 Å². The summed E-state index contributed by atoms with van der Waals surface area (Å²) in [6, 6.07) is 6.90.